The van der Waals surface area contributed by atoms with Crippen LogP contribution in [0.5, 0.6) is 0 Å². The highest BCUT2D eigenvalue weighted by atomic mass is 32.2. The lowest BCUT2D eigenvalue weighted by atomic mass is 9.79. The van der Waals surface area contributed by atoms with E-state index in [2.05, 4.69) is 0 Å². The summed E-state index contributed by atoms with van der Waals surface area (Å²) in [6.07, 6.45) is 6.74. The molecule has 2 N–H and O–H groups in total. The zero-order valence-corrected chi connectivity index (χ0v) is 13.4. The number of hydrogen-bond donors (Lipinski definition) is 1. The van der Waals surface area contributed by atoms with Gasteiger partial charge in [-0.2, -0.15) is 4.31 Å². The van der Waals surface area contributed by atoms with Crippen LogP contribution in [-0.4, -0.2) is 25.3 Å². The van der Waals surface area contributed by atoms with Gasteiger partial charge in [0.25, 0.3) is 0 Å². The molecule has 2 aliphatic rings. The molecule has 1 heterocycles. The van der Waals surface area contributed by atoms with E-state index in [-0.39, 0.29) is 6.04 Å². The molecule has 1 aliphatic carbocycles. The van der Waals surface area contributed by atoms with Gasteiger partial charge in [0, 0.05) is 18.3 Å². The molecule has 4 nitrogen and oxygen atoms in total. The number of aryl methyl sites for hydroxylation is 1. The van der Waals surface area contributed by atoms with E-state index in [1.165, 1.54) is 19.3 Å². The highest BCUT2D eigenvalue weighted by Gasteiger charge is 2.39. The first-order chi connectivity index (χ1) is 10.00. The van der Waals surface area contributed by atoms with Crippen LogP contribution in [0, 0.1) is 12.8 Å². The van der Waals surface area contributed by atoms with Crippen LogP contribution in [0.4, 0.5) is 5.69 Å². The van der Waals surface area contributed by atoms with E-state index < -0.39 is 10.0 Å². The van der Waals surface area contributed by atoms with E-state index in [0.717, 1.165) is 24.8 Å². The molecule has 1 aromatic carbocycles. The number of benzene rings is 1. The number of rotatable bonds is 2. The minimum Gasteiger partial charge on any atom is -0.399 e. The number of nitrogen functional groups attached to an aromatic ring is 1. The van der Waals surface area contributed by atoms with Crippen molar-refractivity contribution in [2.24, 2.45) is 5.92 Å². The first-order valence-corrected chi connectivity index (χ1v) is 9.32. The van der Waals surface area contributed by atoms with E-state index in [0.29, 0.717) is 23.0 Å². The van der Waals surface area contributed by atoms with Crippen molar-refractivity contribution in [2.75, 3.05) is 12.3 Å². The van der Waals surface area contributed by atoms with Crippen molar-refractivity contribution in [3.05, 3.63) is 23.8 Å². The minimum absolute atomic E-state index is 0.204. The molecule has 5 heteroatoms. The molecule has 21 heavy (non-hydrogen) atoms. The largest absolute Gasteiger partial charge is 0.399 e. The maximum absolute atomic E-state index is 13.0. The predicted molar refractivity (Wildman–Crippen MR) is 84.5 cm³/mol. The number of hydrogen-bond acceptors (Lipinski definition) is 3. The Bertz CT molecular complexity index is 625. The first kappa shape index (κ1) is 14.9. The predicted octanol–water partition coefficient (Wildman–Crippen LogP) is 2.92. The number of anilines is 1. The molecule has 0 amide bonds. The Labute approximate surface area is 127 Å². The zero-order chi connectivity index (χ0) is 15.0. The molecule has 1 aliphatic heterocycles. The number of fused-ring (bicyclic) bond motifs is 1. The zero-order valence-electron chi connectivity index (χ0n) is 12.6. The van der Waals surface area contributed by atoms with Crippen molar-refractivity contribution in [1.29, 1.82) is 0 Å². The van der Waals surface area contributed by atoms with Crippen LogP contribution in [0.1, 0.15) is 44.1 Å². The van der Waals surface area contributed by atoms with Gasteiger partial charge < -0.3 is 5.73 Å². The summed E-state index contributed by atoms with van der Waals surface area (Å²) in [5, 5.41) is 0. The molecule has 0 aromatic heterocycles. The fourth-order valence-corrected chi connectivity index (χ4v) is 5.66. The highest BCUT2D eigenvalue weighted by Crippen LogP contribution is 2.38. The van der Waals surface area contributed by atoms with Gasteiger partial charge in [-0.3, -0.25) is 0 Å². The van der Waals surface area contributed by atoms with Gasteiger partial charge >= 0.3 is 0 Å². The lowest BCUT2D eigenvalue weighted by Gasteiger charge is -2.43. The molecule has 2 fully saturated rings. The summed E-state index contributed by atoms with van der Waals surface area (Å²) in [5.74, 6) is 0.553. The fraction of sp³-hybridized carbons (Fsp3) is 0.625. The number of nitrogens with two attached hydrogens (primary N) is 1. The Morgan fingerprint density at radius 1 is 1.14 bits per heavy atom. The van der Waals surface area contributed by atoms with E-state index in [1.54, 1.807) is 22.5 Å². The van der Waals surface area contributed by atoms with E-state index in [1.807, 2.05) is 6.92 Å². The van der Waals surface area contributed by atoms with Crippen LogP contribution >= 0.6 is 0 Å². The second-order valence-corrected chi connectivity index (χ2v) is 8.28. The Morgan fingerprint density at radius 3 is 2.62 bits per heavy atom. The molecule has 0 bridgehead atoms. The first-order valence-electron chi connectivity index (χ1n) is 7.88. The molecule has 1 aromatic rings. The topological polar surface area (TPSA) is 63.4 Å². The Morgan fingerprint density at radius 2 is 1.86 bits per heavy atom. The van der Waals surface area contributed by atoms with Gasteiger partial charge in [0.1, 0.15) is 0 Å². The quantitative estimate of drug-likeness (QED) is 0.854. The Hall–Kier alpha value is -1.07. The highest BCUT2D eigenvalue weighted by molar-refractivity contribution is 7.89. The molecule has 0 spiro atoms. The van der Waals surface area contributed by atoms with Gasteiger partial charge in [-0.1, -0.05) is 12.8 Å². The van der Waals surface area contributed by atoms with Crippen molar-refractivity contribution in [3.8, 4) is 0 Å². The van der Waals surface area contributed by atoms with E-state index in [4.69, 9.17) is 5.73 Å². The summed E-state index contributed by atoms with van der Waals surface area (Å²) in [6.45, 7) is 2.51. The Balaban J connectivity index is 1.94. The summed E-state index contributed by atoms with van der Waals surface area (Å²) < 4.78 is 27.8. The molecular formula is C16H24N2O2S. The van der Waals surface area contributed by atoms with Crippen molar-refractivity contribution in [1.82, 2.24) is 4.31 Å². The van der Waals surface area contributed by atoms with Crippen LogP contribution in [0.15, 0.2) is 23.1 Å². The molecule has 2 unspecified atom stereocenters. The minimum atomic E-state index is -3.39. The molecule has 116 valence electrons. The molecule has 2 atom stereocenters. The van der Waals surface area contributed by atoms with Gasteiger partial charge in [0.2, 0.25) is 10.0 Å². The standard InChI is InChI=1S/C16H24N2O2S/c1-12-11-14(8-9-15(12)17)21(19,20)18-10-4-6-13-5-2-3-7-16(13)18/h8-9,11,13,16H,2-7,10,17H2,1H3. The normalized spacial score (nSPS) is 27.3. The van der Waals surface area contributed by atoms with Crippen LogP contribution in [0.2, 0.25) is 0 Å². The van der Waals surface area contributed by atoms with E-state index >= 15 is 0 Å². The van der Waals surface area contributed by atoms with Crippen molar-refractivity contribution < 1.29 is 8.42 Å². The summed E-state index contributed by atoms with van der Waals surface area (Å²) >= 11 is 0. The number of sulfonamides is 1. The van der Waals surface area contributed by atoms with Crippen LogP contribution in [0.3, 0.4) is 0 Å². The second-order valence-electron chi connectivity index (χ2n) is 6.39. The summed E-state index contributed by atoms with van der Waals surface area (Å²) in [5.41, 5.74) is 7.28. The Kier molecular flexibility index (Phi) is 3.97. The third-order valence-corrected chi connectivity index (χ3v) is 6.96. The van der Waals surface area contributed by atoms with Gasteiger partial charge in [-0.05, 0) is 62.3 Å². The van der Waals surface area contributed by atoms with E-state index in [9.17, 15) is 8.42 Å². The van der Waals surface area contributed by atoms with Gasteiger partial charge in [-0.15, -0.1) is 0 Å². The van der Waals surface area contributed by atoms with Crippen LogP contribution < -0.4 is 5.73 Å². The van der Waals surface area contributed by atoms with Crippen molar-refractivity contribution in [3.63, 3.8) is 0 Å². The van der Waals surface area contributed by atoms with Crippen LogP contribution in [0.25, 0.3) is 0 Å². The second kappa shape index (κ2) is 5.61. The molecule has 1 saturated heterocycles. The molecule has 1 saturated carbocycles. The van der Waals surface area contributed by atoms with Crippen molar-refractivity contribution >= 4 is 15.7 Å². The number of nitrogens with zero attached hydrogens (tertiary/aromatic N) is 1. The smallest absolute Gasteiger partial charge is 0.243 e. The SMILES string of the molecule is Cc1cc(S(=O)(=O)N2CCCC3CCCCC32)ccc1N. The fourth-order valence-electron chi connectivity index (χ4n) is 3.82. The van der Waals surface area contributed by atoms with Gasteiger partial charge in [0.05, 0.1) is 4.90 Å². The lowest BCUT2D eigenvalue weighted by Crippen LogP contribution is -2.49. The molecule has 0 radical (unpaired) electrons. The monoisotopic (exact) mass is 308 g/mol. The molecular weight excluding hydrogens is 284 g/mol. The van der Waals surface area contributed by atoms with Gasteiger partial charge in [-0.25, -0.2) is 8.42 Å². The number of piperidine rings is 1. The summed E-state index contributed by atoms with van der Waals surface area (Å²) in [7, 11) is -3.39. The molecule has 3 rings (SSSR count). The summed E-state index contributed by atoms with van der Waals surface area (Å²) in [6, 6.07) is 5.25. The maximum Gasteiger partial charge on any atom is 0.243 e. The third kappa shape index (κ3) is 2.69. The lowest BCUT2D eigenvalue weighted by molar-refractivity contribution is 0.129. The average molecular weight is 308 g/mol. The average Bonchev–Trinajstić information content (AvgIpc) is 2.49. The van der Waals surface area contributed by atoms with Crippen molar-refractivity contribution in [2.45, 2.75) is 56.4 Å². The van der Waals surface area contributed by atoms with Crippen LogP contribution in [-0.2, 0) is 10.0 Å². The summed E-state index contributed by atoms with van der Waals surface area (Å²) in [4.78, 5) is 0.389. The maximum atomic E-state index is 13.0. The van der Waals surface area contributed by atoms with Gasteiger partial charge in [0.15, 0.2) is 0 Å². The third-order valence-electron chi connectivity index (χ3n) is 5.04.